The van der Waals surface area contributed by atoms with E-state index in [1.54, 1.807) is 5.57 Å². The van der Waals surface area contributed by atoms with Crippen LogP contribution in [0.2, 0.25) is 0 Å². The Kier molecular flexibility index (Phi) is 3.00. The molecule has 1 aliphatic carbocycles. The Balaban J connectivity index is 2.53. The van der Waals surface area contributed by atoms with Crippen LogP contribution in [0.3, 0.4) is 0 Å². The lowest BCUT2D eigenvalue weighted by Gasteiger charge is -2.45. The molecule has 1 unspecified atom stereocenters. The Morgan fingerprint density at radius 3 is 2.38 bits per heavy atom. The summed E-state index contributed by atoms with van der Waals surface area (Å²) < 4.78 is 0. The summed E-state index contributed by atoms with van der Waals surface area (Å²) in [6, 6.07) is 0. The molecule has 1 atom stereocenters. The van der Waals surface area contributed by atoms with Crippen LogP contribution in [0.15, 0.2) is 23.8 Å². The molecule has 1 rings (SSSR count). The lowest BCUT2D eigenvalue weighted by Crippen LogP contribution is -2.35. The van der Waals surface area contributed by atoms with Gasteiger partial charge in [0, 0.05) is 0 Å². The number of hydrogen-bond acceptors (Lipinski definition) is 0. The van der Waals surface area contributed by atoms with Crippen LogP contribution in [-0.2, 0) is 0 Å². The van der Waals surface area contributed by atoms with E-state index >= 15 is 0 Å². The van der Waals surface area contributed by atoms with Gasteiger partial charge in [0.1, 0.15) is 0 Å². The van der Waals surface area contributed by atoms with E-state index < -0.39 is 0 Å². The Labute approximate surface area is 82.7 Å². The highest BCUT2D eigenvalue weighted by molar-refractivity contribution is 5.14. The van der Waals surface area contributed by atoms with Crippen molar-refractivity contribution in [2.24, 2.45) is 11.3 Å². The van der Waals surface area contributed by atoms with Crippen LogP contribution in [0.1, 0.15) is 47.0 Å². The Bertz CT molecular complexity index is 230. The second kappa shape index (κ2) is 3.69. The van der Waals surface area contributed by atoms with E-state index in [-0.39, 0.29) is 0 Å². The second-order valence-corrected chi connectivity index (χ2v) is 5.19. The number of hydrogen-bond donors (Lipinski definition) is 0. The van der Waals surface area contributed by atoms with E-state index in [9.17, 15) is 0 Å². The van der Waals surface area contributed by atoms with Crippen LogP contribution in [0.5, 0.6) is 0 Å². The van der Waals surface area contributed by atoms with Crippen molar-refractivity contribution in [2.45, 2.75) is 47.0 Å². The largest absolute Gasteiger partial charge is 0.0998 e. The quantitative estimate of drug-likeness (QED) is 0.564. The summed E-state index contributed by atoms with van der Waals surface area (Å²) in [5.74, 6) is 0.826. The Morgan fingerprint density at radius 1 is 1.46 bits per heavy atom. The molecule has 74 valence electrons. The fourth-order valence-corrected chi connectivity index (χ4v) is 2.19. The first-order chi connectivity index (χ1) is 5.93. The summed E-state index contributed by atoms with van der Waals surface area (Å²) in [5.41, 5.74) is 3.38. The first-order valence-corrected chi connectivity index (χ1v) is 5.24. The zero-order valence-corrected chi connectivity index (χ0v) is 9.48. The molecule has 0 heterocycles. The molecule has 0 aromatic heterocycles. The molecule has 0 saturated heterocycles. The van der Waals surface area contributed by atoms with Gasteiger partial charge in [-0.1, -0.05) is 37.6 Å². The average molecular weight is 178 g/mol. The summed E-state index contributed by atoms with van der Waals surface area (Å²) in [4.78, 5) is 0. The first kappa shape index (κ1) is 10.6. The minimum Gasteiger partial charge on any atom is -0.0998 e. The highest BCUT2D eigenvalue weighted by Crippen LogP contribution is 2.49. The fourth-order valence-electron chi connectivity index (χ4n) is 2.19. The highest BCUT2D eigenvalue weighted by atomic mass is 14.4. The average Bonchev–Trinajstić information content (AvgIpc) is 1.99. The molecule has 0 aliphatic heterocycles. The summed E-state index contributed by atoms with van der Waals surface area (Å²) in [7, 11) is 0. The van der Waals surface area contributed by atoms with Gasteiger partial charge in [-0.3, -0.25) is 0 Å². The van der Waals surface area contributed by atoms with Crippen LogP contribution < -0.4 is 0 Å². The van der Waals surface area contributed by atoms with E-state index in [2.05, 4.69) is 40.3 Å². The van der Waals surface area contributed by atoms with E-state index in [1.165, 1.54) is 18.4 Å². The molecule has 0 radical (unpaired) electrons. The summed E-state index contributed by atoms with van der Waals surface area (Å²) >= 11 is 0. The molecule has 0 amide bonds. The van der Waals surface area contributed by atoms with Crippen molar-refractivity contribution in [2.75, 3.05) is 0 Å². The molecule has 0 bridgehead atoms. The van der Waals surface area contributed by atoms with Crippen molar-refractivity contribution in [1.29, 1.82) is 0 Å². The van der Waals surface area contributed by atoms with Gasteiger partial charge >= 0.3 is 0 Å². The van der Waals surface area contributed by atoms with Crippen LogP contribution in [0, 0.1) is 11.3 Å². The van der Waals surface area contributed by atoms with Gasteiger partial charge in [0.05, 0.1) is 0 Å². The van der Waals surface area contributed by atoms with Gasteiger partial charge in [-0.05, 0) is 44.4 Å². The lowest BCUT2D eigenvalue weighted by molar-refractivity contribution is 0.104. The monoisotopic (exact) mass is 178 g/mol. The summed E-state index contributed by atoms with van der Waals surface area (Å²) in [6.07, 6.45) is 6.17. The maximum atomic E-state index is 3.92. The normalized spacial score (nSPS) is 26.8. The molecule has 13 heavy (non-hydrogen) atoms. The van der Waals surface area contributed by atoms with Gasteiger partial charge in [0.15, 0.2) is 0 Å². The van der Waals surface area contributed by atoms with Gasteiger partial charge < -0.3 is 0 Å². The summed E-state index contributed by atoms with van der Waals surface area (Å²) in [5, 5.41) is 0. The maximum absolute atomic E-state index is 3.92. The molecule has 1 aliphatic rings. The third-order valence-electron chi connectivity index (χ3n) is 3.34. The molecule has 0 aromatic rings. The molecule has 0 aromatic carbocycles. The molecule has 1 saturated carbocycles. The third-order valence-corrected chi connectivity index (χ3v) is 3.34. The zero-order valence-electron chi connectivity index (χ0n) is 9.48. The molecule has 0 nitrogen and oxygen atoms in total. The van der Waals surface area contributed by atoms with Crippen molar-refractivity contribution in [3.63, 3.8) is 0 Å². The highest BCUT2D eigenvalue weighted by Gasteiger charge is 2.38. The Hall–Kier alpha value is -0.520. The van der Waals surface area contributed by atoms with Crippen molar-refractivity contribution in [1.82, 2.24) is 0 Å². The predicted molar refractivity (Wildman–Crippen MR) is 59.7 cm³/mol. The minimum absolute atomic E-state index is 0.551. The minimum atomic E-state index is 0.551. The van der Waals surface area contributed by atoms with Gasteiger partial charge in [-0.15, -0.1) is 0 Å². The van der Waals surface area contributed by atoms with Crippen molar-refractivity contribution >= 4 is 0 Å². The summed E-state index contributed by atoms with van der Waals surface area (Å²) in [6.45, 7) is 13.0. The van der Waals surface area contributed by atoms with Gasteiger partial charge in [-0.25, -0.2) is 0 Å². The van der Waals surface area contributed by atoms with Crippen molar-refractivity contribution in [3.8, 4) is 0 Å². The van der Waals surface area contributed by atoms with Crippen LogP contribution >= 0.6 is 0 Å². The molecule has 1 fully saturated rings. The molecule has 0 N–H and O–H groups in total. The first-order valence-electron chi connectivity index (χ1n) is 5.24. The van der Waals surface area contributed by atoms with E-state index in [1.807, 2.05) is 0 Å². The van der Waals surface area contributed by atoms with Gasteiger partial charge in [0.2, 0.25) is 0 Å². The predicted octanol–water partition coefficient (Wildman–Crippen LogP) is 4.34. The Morgan fingerprint density at radius 2 is 2.08 bits per heavy atom. The van der Waals surface area contributed by atoms with E-state index in [0.29, 0.717) is 5.41 Å². The van der Waals surface area contributed by atoms with Gasteiger partial charge in [0.25, 0.3) is 0 Å². The molecule has 0 heteroatoms. The second-order valence-electron chi connectivity index (χ2n) is 5.19. The van der Waals surface area contributed by atoms with E-state index in [4.69, 9.17) is 0 Å². The van der Waals surface area contributed by atoms with Crippen LogP contribution in [0.25, 0.3) is 0 Å². The van der Waals surface area contributed by atoms with Crippen molar-refractivity contribution in [3.05, 3.63) is 23.8 Å². The maximum Gasteiger partial charge on any atom is -0.0142 e. The molecular weight excluding hydrogens is 156 g/mol. The number of rotatable bonds is 3. The SMILES string of the molecule is C=C(C)CC=C(C)C1CCC1(C)C. The van der Waals surface area contributed by atoms with Crippen molar-refractivity contribution < 1.29 is 0 Å². The van der Waals surface area contributed by atoms with Gasteiger partial charge in [-0.2, -0.15) is 0 Å². The standard InChI is InChI=1S/C13H22/c1-10(2)6-7-11(3)12-8-9-13(12,4)5/h7,12H,1,6,8-9H2,2-5H3. The van der Waals surface area contributed by atoms with Crippen LogP contribution in [-0.4, -0.2) is 0 Å². The topological polar surface area (TPSA) is 0 Å². The zero-order chi connectivity index (χ0) is 10.1. The molecular formula is C13H22. The van der Waals surface area contributed by atoms with Crippen LogP contribution in [0.4, 0.5) is 0 Å². The van der Waals surface area contributed by atoms with E-state index in [0.717, 1.165) is 12.3 Å². The number of allylic oxidation sites excluding steroid dienone is 3. The lowest BCUT2D eigenvalue weighted by atomic mass is 9.60. The molecule has 0 spiro atoms. The third kappa shape index (κ3) is 2.46. The smallest absolute Gasteiger partial charge is 0.0142 e. The fraction of sp³-hybridized carbons (Fsp3) is 0.692.